The number of esters is 1. The average Bonchev–Trinajstić information content (AvgIpc) is 3.61. The molecule has 10 heteroatoms. The summed E-state index contributed by atoms with van der Waals surface area (Å²) >= 11 is 0. The fraction of sp³-hybridized carbons (Fsp3) is 0.421. The van der Waals surface area contributed by atoms with Crippen molar-refractivity contribution in [3.8, 4) is 11.8 Å². The van der Waals surface area contributed by atoms with Gasteiger partial charge in [0.15, 0.2) is 5.57 Å². The van der Waals surface area contributed by atoms with Crippen molar-refractivity contribution in [1.82, 2.24) is 9.13 Å². The fourth-order valence-corrected chi connectivity index (χ4v) is 6.10. The zero-order chi connectivity index (χ0) is 34.5. The summed E-state index contributed by atoms with van der Waals surface area (Å²) in [5.74, 6) is -1.38. The number of fused-ring (bicyclic) bond motifs is 1. The monoisotopic (exact) mass is 654 g/mol. The highest BCUT2D eigenvalue weighted by atomic mass is 16.5. The highest BCUT2D eigenvalue weighted by molar-refractivity contribution is 6.15. The number of nitrogens with zero attached hydrogens (tertiary/aromatic N) is 4. The maximum Gasteiger partial charge on any atom is 0.353 e. The van der Waals surface area contributed by atoms with Gasteiger partial charge in [0.2, 0.25) is 0 Å². The Balaban J connectivity index is 1.53. The lowest BCUT2D eigenvalue weighted by Crippen LogP contribution is -2.36. The Labute approximate surface area is 281 Å². The van der Waals surface area contributed by atoms with Gasteiger partial charge < -0.3 is 24.0 Å². The third kappa shape index (κ3) is 8.85. The van der Waals surface area contributed by atoms with Crippen LogP contribution in [-0.2, 0) is 33.8 Å². The van der Waals surface area contributed by atoms with Crippen LogP contribution in [0.1, 0.15) is 76.3 Å². The largest absolute Gasteiger partial charge is 0.494 e. The second-order valence-corrected chi connectivity index (χ2v) is 11.9. The van der Waals surface area contributed by atoms with Crippen LogP contribution < -0.4 is 26.0 Å². The molecule has 1 aromatic heterocycles. The van der Waals surface area contributed by atoms with E-state index >= 15 is 0 Å². The number of carboxylic acids is 1. The molecular formula is C38H46N4O6. The van der Waals surface area contributed by atoms with Crippen molar-refractivity contribution >= 4 is 35.0 Å². The molecule has 2 heterocycles. The Morgan fingerprint density at radius 2 is 1.71 bits per heavy atom. The summed E-state index contributed by atoms with van der Waals surface area (Å²) in [5.41, 5.74) is 2.80. The van der Waals surface area contributed by atoms with Crippen LogP contribution in [0.5, 0.6) is 5.75 Å². The number of carbonyl (C=O) groups excluding carboxylic acids is 1. The summed E-state index contributed by atoms with van der Waals surface area (Å²) in [6.07, 6.45) is 13.9. The number of unbranched alkanes of at least 4 members (excludes halogenated alkanes) is 7. The summed E-state index contributed by atoms with van der Waals surface area (Å²) in [7, 11) is 0. The molecule has 0 saturated carbocycles. The molecule has 4 rings (SSSR count). The van der Waals surface area contributed by atoms with Gasteiger partial charge in [0.1, 0.15) is 35.8 Å². The first kappa shape index (κ1) is 35.8. The van der Waals surface area contributed by atoms with Crippen molar-refractivity contribution in [1.29, 1.82) is 5.26 Å². The minimum atomic E-state index is -1.28. The summed E-state index contributed by atoms with van der Waals surface area (Å²) in [6.45, 7) is 8.37. The molecule has 1 aliphatic heterocycles. The molecule has 0 unspecified atom stereocenters. The minimum Gasteiger partial charge on any atom is -0.494 e. The molecular weight excluding hydrogens is 608 g/mol. The molecule has 0 saturated heterocycles. The Kier molecular flexibility index (Phi) is 13.2. The van der Waals surface area contributed by atoms with Gasteiger partial charge in [-0.15, -0.1) is 0 Å². The van der Waals surface area contributed by atoms with Crippen molar-refractivity contribution in [3.63, 3.8) is 0 Å². The van der Waals surface area contributed by atoms with Crippen LogP contribution >= 0.6 is 0 Å². The van der Waals surface area contributed by atoms with Crippen molar-refractivity contribution in [2.24, 2.45) is 0 Å². The number of aliphatic carboxylic acids is 1. The number of nitriles is 1. The van der Waals surface area contributed by atoms with Gasteiger partial charge in [-0.05, 0) is 73.4 Å². The number of benzene rings is 2. The SMILES string of the molecule is C=CCOC(=O)C(C#N)=c1n(CC(=O)O)c(=O)c(=Cc2ccc3c(c2)CCN3c2ccc(OCCCCCCCCCC)cc2)n1CC. The van der Waals surface area contributed by atoms with Crippen LogP contribution in [0.4, 0.5) is 11.4 Å². The summed E-state index contributed by atoms with van der Waals surface area (Å²) < 4.78 is 13.5. The van der Waals surface area contributed by atoms with E-state index in [2.05, 4.69) is 30.5 Å². The second-order valence-electron chi connectivity index (χ2n) is 11.9. The summed E-state index contributed by atoms with van der Waals surface area (Å²) in [6, 6.07) is 15.9. The number of carboxylic acid groups (broad SMARTS) is 1. The molecule has 10 nitrogen and oxygen atoms in total. The van der Waals surface area contributed by atoms with Crippen LogP contribution in [0.15, 0.2) is 59.9 Å². The third-order valence-corrected chi connectivity index (χ3v) is 8.47. The quantitative estimate of drug-likeness (QED) is 0.113. The number of hydrogen-bond donors (Lipinski definition) is 1. The van der Waals surface area contributed by atoms with Gasteiger partial charge >= 0.3 is 11.9 Å². The maximum atomic E-state index is 13.6. The predicted molar refractivity (Wildman–Crippen MR) is 187 cm³/mol. The lowest BCUT2D eigenvalue weighted by atomic mass is 10.1. The van der Waals surface area contributed by atoms with E-state index in [-0.39, 0.29) is 24.0 Å². The van der Waals surface area contributed by atoms with E-state index in [1.54, 1.807) is 13.0 Å². The molecule has 48 heavy (non-hydrogen) atoms. The first-order chi connectivity index (χ1) is 23.3. The van der Waals surface area contributed by atoms with Crippen LogP contribution in [0.2, 0.25) is 0 Å². The van der Waals surface area contributed by atoms with Gasteiger partial charge in [-0.25, -0.2) is 4.79 Å². The number of rotatable bonds is 18. The Bertz CT molecular complexity index is 1810. The number of imidazole rings is 1. The average molecular weight is 655 g/mol. The lowest BCUT2D eigenvalue weighted by Gasteiger charge is -2.20. The van der Waals surface area contributed by atoms with Gasteiger partial charge in [-0.2, -0.15) is 5.26 Å². The van der Waals surface area contributed by atoms with Gasteiger partial charge in [0.25, 0.3) is 5.56 Å². The van der Waals surface area contributed by atoms with E-state index in [0.29, 0.717) is 0 Å². The van der Waals surface area contributed by atoms with Crippen LogP contribution in [0, 0.1) is 11.3 Å². The molecule has 0 fully saturated rings. The van der Waals surface area contributed by atoms with Gasteiger partial charge in [-0.3, -0.25) is 14.2 Å². The molecule has 1 aliphatic rings. The number of hydrogen-bond acceptors (Lipinski definition) is 7. The first-order valence-corrected chi connectivity index (χ1v) is 16.9. The topological polar surface area (TPSA) is 127 Å². The maximum absolute atomic E-state index is 13.6. The van der Waals surface area contributed by atoms with Crippen LogP contribution in [0.3, 0.4) is 0 Å². The highest BCUT2D eigenvalue weighted by Gasteiger charge is 2.23. The molecule has 0 radical (unpaired) electrons. The number of aromatic nitrogens is 2. The molecule has 0 aliphatic carbocycles. The normalized spacial score (nSPS) is 13.2. The van der Waals surface area contributed by atoms with Crippen LogP contribution in [-0.4, -0.2) is 45.9 Å². The van der Waals surface area contributed by atoms with Gasteiger partial charge in [0, 0.05) is 24.5 Å². The number of ether oxygens (including phenoxy) is 2. The number of anilines is 2. The standard InChI is InChI=1S/C38H46N4O6/c1-4-7-8-9-10-11-12-13-23-47-31-17-15-30(16-18-31)41-21-20-29-24-28(14-19-33(29)41)25-34-37(45)42(27-35(43)44)36(40(34)6-3)32(26-39)38(46)48-22-5-2/h5,14-19,24-25H,2,4,6-13,20-23,27H2,1,3H3,(H,43,44). The highest BCUT2D eigenvalue weighted by Crippen LogP contribution is 2.35. The van der Waals surface area contributed by atoms with Crippen LogP contribution in [0.25, 0.3) is 11.6 Å². The van der Waals surface area contributed by atoms with E-state index in [1.165, 1.54) is 55.6 Å². The summed E-state index contributed by atoms with van der Waals surface area (Å²) in [4.78, 5) is 40.2. The Morgan fingerprint density at radius 3 is 2.35 bits per heavy atom. The number of carbonyl (C=O) groups is 2. The van der Waals surface area contributed by atoms with Crippen molar-refractivity contribution in [3.05, 3.63) is 87.4 Å². The first-order valence-electron chi connectivity index (χ1n) is 16.9. The third-order valence-electron chi connectivity index (χ3n) is 8.47. The molecule has 2 aromatic carbocycles. The van der Waals surface area contributed by atoms with E-state index in [4.69, 9.17) is 9.47 Å². The minimum absolute atomic E-state index is 0.106. The lowest BCUT2D eigenvalue weighted by molar-refractivity contribution is -0.138. The Hall–Kier alpha value is -5.04. The molecule has 0 bridgehead atoms. The van der Waals surface area contributed by atoms with E-state index in [9.17, 15) is 24.8 Å². The van der Waals surface area contributed by atoms with E-state index < -0.39 is 29.6 Å². The van der Waals surface area contributed by atoms with Gasteiger partial charge in [0.05, 0.1) is 6.61 Å². The molecule has 0 atom stereocenters. The van der Waals surface area contributed by atoms with Crippen molar-refractivity contribution in [2.75, 3.05) is 24.7 Å². The van der Waals surface area contributed by atoms with E-state index in [0.717, 1.165) is 58.8 Å². The molecule has 3 aromatic rings. The fourth-order valence-electron chi connectivity index (χ4n) is 6.10. The molecule has 254 valence electrons. The summed E-state index contributed by atoms with van der Waals surface area (Å²) in [5, 5.41) is 19.5. The predicted octanol–water partition coefficient (Wildman–Crippen LogP) is 5.20. The Morgan fingerprint density at radius 1 is 1.00 bits per heavy atom. The zero-order valence-electron chi connectivity index (χ0n) is 28.1. The van der Waals surface area contributed by atoms with E-state index in [1.807, 2.05) is 36.4 Å². The smallest absolute Gasteiger partial charge is 0.353 e. The molecule has 0 amide bonds. The van der Waals surface area contributed by atoms with Gasteiger partial charge in [-0.1, -0.05) is 70.6 Å². The molecule has 1 N–H and O–H groups in total. The second kappa shape index (κ2) is 17.8. The molecule has 0 spiro atoms. The van der Waals surface area contributed by atoms with Crippen molar-refractivity contribution in [2.45, 2.75) is 84.7 Å². The zero-order valence-corrected chi connectivity index (χ0v) is 28.1. The van der Waals surface area contributed by atoms with Crippen molar-refractivity contribution < 1.29 is 24.2 Å².